The van der Waals surface area contributed by atoms with E-state index in [9.17, 15) is 0 Å². The van der Waals surface area contributed by atoms with Gasteiger partial charge < -0.3 is 10.6 Å². The van der Waals surface area contributed by atoms with E-state index in [2.05, 4.69) is 40.5 Å². The molecule has 0 fully saturated rings. The minimum atomic E-state index is 0.144. The number of fused-ring (bicyclic) bond motifs is 1. The summed E-state index contributed by atoms with van der Waals surface area (Å²) in [6.45, 7) is 4.19. The van der Waals surface area contributed by atoms with Crippen molar-refractivity contribution in [1.29, 1.82) is 0 Å². The molecule has 0 radical (unpaired) electrons. The number of hydrogen-bond acceptors (Lipinski definition) is 6. The van der Waals surface area contributed by atoms with Crippen LogP contribution in [0.5, 0.6) is 0 Å². The molecule has 0 spiro atoms. The van der Waals surface area contributed by atoms with Gasteiger partial charge in [-0.05, 0) is 32.0 Å². The molecular weight excluding hydrogens is 324 g/mol. The average Bonchev–Trinajstić information content (AvgIpc) is 3.03. The Morgan fingerprint density at radius 2 is 2.05 bits per heavy atom. The number of hydrogen-bond donors (Lipinski definition) is 2. The fraction of sp³-hybridized carbons (Fsp3) is 0.286. The lowest BCUT2D eigenvalue weighted by Crippen LogP contribution is -2.08. The predicted octanol–water partition coefficient (Wildman–Crippen LogP) is 4.93. The van der Waals surface area contributed by atoms with Gasteiger partial charge in [0.15, 0.2) is 0 Å². The molecule has 0 saturated carbocycles. The van der Waals surface area contributed by atoms with Gasteiger partial charge in [-0.1, -0.05) is 11.6 Å². The van der Waals surface area contributed by atoms with Gasteiger partial charge in [-0.15, -0.1) is 22.7 Å². The minimum absolute atomic E-state index is 0.144. The van der Waals surface area contributed by atoms with Crippen LogP contribution in [-0.4, -0.2) is 17.0 Å². The van der Waals surface area contributed by atoms with E-state index < -0.39 is 0 Å². The van der Waals surface area contributed by atoms with Crippen LogP contribution in [0.1, 0.15) is 22.7 Å². The second-order valence-electron chi connectivity index (χ2n) is 4.73. The molecule has 2 N–H and O–H groups in total. The van der Waals surface area contributed by atoms with Crippen LogP contribution in [0.4, 0.5) is 11.8 Å². The lowest BCUT2D eigenvalue weighted by Gasteiger charge is -2.14. The first-order valence-corrected chi connectivity index (χ1v) is 8.55. The van der Waals surface area contributed by atoms with Crippen molar-refractivity contribution in [1.82, 2.24) is 9.97 Å². The zero-order valence-electron chi connectivity index (χ0n) is 11.9. The maximum absolute atomic E-state index is 6.01. The van der Waals surface area contributed by atoms with Crippen molar-refractivity contribution in [3.05, 3.63) is 32.3 Å². The molecule has 4 nitrogen and oxygen atoms in total. The van der Waals surface area contributed by atoms with Crippen molar-refractivity contribution in [2.24, 2.45) is 0 Å². The van der Waals surface area contributed by atoms with Crippen LogP contribution in [-0.2, 0) is 0 Å². The molecule has 21 heavy (non-hydrogen) atoms. The largest absolute Gasteiger partial charge is 0.362 e. The molecule has 1 atom stereocenters. The Morgan fingerprint density at radius 1 is 1.24 bits per heavy atom. The molecule has 0 aliphatic rings. The van der Waals surface area contributed by atoms with Gasteiger partial charge in [0.25, 0.3) is 0 Å². The molecule has 0 aliphatic heterocycles. The van der Waals surface area contributed by atoms with E-state index in [-0.39, 0.29) is 6.04 Å². The van der Waals surface area contributed by atoms with E-state index in [1.165, 1.54) is 9.75 Å². The molecule has 0 aromatic carbocycles. The van der Waals surface area contributed by atoms with E-state index in [1.54, 1.807) is 22.7 Å². The number of aryl methyl sites for hydroxylation is 1. The van der Waals surface area contributed by atoms with Gasteiger partial charge in [-0.25, -0.2) is 4.98 Å². The summed E-state index contributed by atoms with van der Waals surface area (Å²) < 4.78 is 0.800. The zero-order valence-corrected chi connectivity index (χ0v) is 14.3. The molecule has 0 bridgehead atoms. The van der Waals surface area contributed by atoms with Crippen molar-refractivity contribution in [3.8, 4) is 0 Å². The predicted molar refractivity (Wildman–Crippen MR) is 93.1 cm³/mol. The molecule has 3 aromatic heterocycles. The van der Waals surface area contributed by atoms with E-state index in [1.807, 2.05) is 19.2 Å². The zero-order chi connectivity index (χ0) is 15.0. The van der Waals surface area contributed by atoms with Gasteiger partial charge in [0, 0.05) is 16.8 Å². The van der Waals surface area contributed by atoms with E-state index in [4.69, 9.17) is 11.6 Å². The summed E-state index contributed by atoms with van der Waals surface area (Å²) >= 11 is 9.27. The molecule has 3 heterocycles. The molecule has 1 unspecified atom stereocenters. The third-order valence-corrected chi connectivity index (χ3v) is 5.47. The molecular formula is C14H15ClN4S2. The third-order valence-electron chi connectivity index (χ3n) is 3.11. The fourth-order valence-corrected chi connectivity index (χ4v) is 4.04. The summed E-state index contributed by atoms with van der Waals surface area (Å²) in [5, 5.41) is 7.54. The normalized spacial score (nSPS) is 12.6. The smallest absolute Gasteiger partial charge is 0.225 e. The number of aromatic nitrogens is 2. The van der Waals surface area contributed by atoms with Gasteiger partial charge in [0.05, 0.1) is 15.8 Å². The van der Waals surface area contributed by atoms with Crippen LogP contribution in [0, 0.1) is 6.92 Å². The summed E-state index contributed by atoms with van der Waals surface area (Å²) in [5.74, 6) is 1.48. The summed E-state index contributed by atoms with van der Waals surface area (Å²) in [5.41, 5.74) is 0. The van der Waals surface area contributed by atoms with Gasteiger partial charge in [0.2, 0.25) is 5.95 Å². The molecule has 3 rings (SSSR count). The van der Waals surface area contributed by atoms with Crippen LogP contribution >= 0.6 is 34.3 Å². The van der Waals surface area contributed by atoms with Gasteiger partial charge in [-0.2, -0.15) is 4.98 Å². The number of rotatable bonds is 4. The van der Waals surface area contributed by atoms with Crippen molar-refractivity contribution in [2.45, 2.75) is 19.9 Å². The SMILES string of the molecule is CNc1nc(NC(C)c2ccc(Cl)s2)c2cc(C)sc2n1. The maximum atomic E-state index is 6.01. The molecule has 0 amide bonds. The third kappa shape index (κ3) is 2.97. The molecule has 110 valence electrons. The quantitative estimate of drug-likeness (QED) is 0.708. The number of nitrogens with one attached hydrogen (secondary N) is 2. The second kappa shape index (κ2) is 5.79. The highest BCUT2D eigenvalue weighted by atomic mass is 35.5. The Kier molecular flexibility index (Phi) is 4.01. The van der Waals surface area contributed by atoms with Crippen LogP contribution in [0.2, 0.25) is 4.34 Å². The Hall–Kier alpha value is -1.37. The van der Waals surface area contributed by atoms with Gasteiger partial charge in [0.1, 0.15) is 10.6 Å². The fourth-order valence-electron chi connectivity index (χ4n) is 2.10. The van der Waals surface area contributed by atoms with Crippen LogP contribution in [0.3, 0.4) is 0 Å². The lowest BCUT2D eigenvalue weighted by atomic mass is 10.2. The first kappa shape index (κ1) is 14.6. The summed E-state index contributed by atoms with van der Waals surface area (Å²) in [7, 11) is 1.83. The molecule has 7 heteroatoms. The Labute approximate surface area is 136 Å². The Bertz CT molecular complexity index is 780. The lowest BCUT2D eigenvalue weighted by molar-refractivity contribution is 0.898. The highest BCUT2D eigenvalue weighted by molar-refractivity contribution is 7.18. The molecule has 0 aliphatic carbocycles. The van der Waals surface area contributed by atoms with Crippen molar-refractivity contribution < 1.29 is 0 Å². The number of anilines is 2. The summed E-state index contributed by atoms with van der Waals surface area (Å²) in [6.07, 6.45) is 0. The molecule has 0 saturated heterocycles. The van der Waals surface area contributed by atoms with Crippen molar-refractivity contribution in [2.75, 3.05) is 17.7 Å². The number of nitrogens with zero attached hydrogens (tertiary/aromatic N) is 2. The van der Waals surface area contributed by atoms with Crippen LogP contribution < -0.4 is 10.6 Å². The number of thiophene rings is 2. The first-order chi connectivity index (χ1) is 10.1. The van der Waals surface area contributed by atoms with Crippen molar-refractivity contribution in [3.63, 3.8) is 0 Å². The Morgan fingerprint density at radius 3 is 2.71 bits per heavy atom. The topological polar surface area (TPSA) is 49.8 Å². The van der Waals surface area contributed by atoms with E-state index >= 15 is 0 Å². The van der Waals surface area contributed by atoms with E-state index in [0.29, 0.717) is 5.95 Å². The van der Waals surface area contributed by atoms with E-state index in [0.717, 1.165) is 20.4 Å². The monoisotopic (exact) mass is 338 g/mol. The van der Waals surface area contributed by atoms with Gasteiger partial charge >= 0.3 is 0 Å². The van der Waals surface area contributed by atoms with Crippen molar-refractivity contribution >= 4 is 56.3 Å². The first-order valence-electron chi connectivity index (χ1n) is 6.54. The van der Waals surface area contributed by atoms with Crippen LogP contribution in [0.25, 0.3) is 10.2 Å². The minimum Gasteiger partial charge on any atom is -0.362 e. The Balaban J connectivity index is 1.98. The highest BCUT2D eigenvalue weighted by Gasteiger charge is 2.14. The summed E-state index contributed by atoms with van der Waals surface area (Å²) in [6, 6.07) is 6.23. The van der Waals surface area contributed by atoms with Crippen LogP contribution in [0.15, 0.2) is 18.2 Å². The standard InChI is InChI=1S/C14H15ClN4S2/c1-7-6-9-12(18-14(16-3)19-13(9)20-7)17-8(2)10-4-5-11(15)21-10/h4-6,8H,1-3H3,(H2,16,17,18,19). The maximum Gasteiger partial charge on any atom is 0.225 e. The second-order valence-corrected chi connectivity index (χ2v) is 7.71. The highest BCUT2D eigenvalue weighted by Crippen LogP contribution is 2.33. The van der Waals surface area contributed by atoms with Gasteiger partial charge in [-0.3, -0.25) is 0 Å². The summed E-state index contributed by atoms with van der Waals surface area (Å²) in [4.78, 5) is 12.4. The number of halogens is 1. The molecule has 3 aromatic rings. The average molecular weight is 339 g/mol.